The molecule has 0 bridgehead atoms. The largest absolute Gasteiger partial charge is 0.497 e. The minimum absolute atomic E-state index is 0.00860. The number of alkyl halides is 3. The van der Waals surface area contributed by atoms with Crippen molar-refractivity contribution in [3.05, 3.63) is 36.0 Å². The van der Waals surface area contributed by atoms with Crippen LogP contribution in [0.15, 0.2) is 35.4 Å². The highest BCUT2D eigenvalue weighted by molar-refractivity contribution is 5.97. The molecule has 2 N–H and O–H groups in total. The number of nitrogens with one attached hydrogen (secondary N) is 1. The van der Waals surface area contributed by atoms with E-state index in [1.54, 1.807) is 24.3 Å². The molecule has 2 heterocycles. The number of halogens is 3. The van der Waals surface area contributed by atoms with Gasteiger partial charge in [-0.1, -0.05) is 12.1 Å². The first kappa shape index (κ1) is 17.9. The summed E-state index contributed by atoms with van der Waals surface area (Å²) in [7, 11) is 1.49. The minimum atomic E-state index is -5.06. The molecule has 138 valence electrons. The molecule has 0 fully saturated rings. The maximum atomic E-state index is 13.2. The lowest BCUT2D eigenvalue weighted by molar-refractivity contribution is -0.297. The lowest BCUT2D eigenvalue weighted by Gasteiger charge is -2.32. The maximum absolute atomic E-state index is 13.2. The van der Waals surface area contributed by atoms with Crippen molar-refractivity contribution >= 4 is 11.6 Å². The number of benzene rings is 1. The van der Waals surface area contributed by atoms with E-state index in [4.69, 9.17) is 4.74 Å². The quantitative estimate of drug-likeness (QED) is 0.871. The first-order valence-corrected chi connectivity index (χ1v) is 7.53. The molecule has 7 nitrogen and oxygen atoms in total. The van der Waals surface area contributed by atoms with Crippen LogP contribution in [0.3, 0.4) is 0 Å². The maximum Gasteiger partial charge on any atom is 0.438 e. The number of methoxy groups -OCH3 is 1. The Labute approximate surface area is 146 Å². The van der Waals surface area contributed by atoms with Gasteiger partial charge in [-0.3, -0.25) is 9.89 Å². The lowest BCUT2D eigenvalue weighted by Crippen LogP contribution is -2.56. The Bertz CT molecular complexity index is 878. The van der Waals surface area contributed by atoms with E-state index < -0.39 is 24.2 Å². The number of carbonyl (C=O) groups excluding carboxylic acids is 1. The van der Waals surface area contributed by atoms with Gasteiger partial charge in [0.05, 0.1) is 12.8 Å². The van der Waals surface area contributed by atoms with Crippen molar-refractivity contribution in [2.24, 2.45) is 5.10 Å². The Morgan fingerprint density at radius 1 is 1.38 bits per heavy atom. The average Bonchev–Trinajstić information content (AvgIpc) is 3.19. The summed E-state index contributed by atoms with van der Waals surface area (Å²) in [6.07, 6.45) is -5.86. The fourth-order valence-corrected chi connectivity index (χ4v) is 2.63. The van der Waals surface area contributed by atoms with Crippen LogP contribution in [0, 0.1) is 0 Å². The van der Waals surface area contributed by atoms with Crippen molar-refractivity contribution < 1.29 is 27.8 Å². The van der Waals surface area contributed by atoms with Crippen LogP contribution in [-0.4, -0.2) is 50.9 Å². The first-order valence-electron chi connectivity index (χ1n) is 7.53. The monoisotopic (exact) mass is 368 g/mol. The van der Waals surface area contributed by atoms with Crippen molar-refractivity contribution in [3.8, 4) is 17.0 Å². The SMILES string of the molecule is COc1cccc(-c2cc(C(=O)N3N=C(C)C[C@]3(O)C(F)(F)F)[nH]n2)c1. The molecule has 0 saturated carbocycles. The van der Waals surface area contributed by atoms with Gasteiger partial charge in [-0.15, -0.1) is 0 Å². The van der Waals surface area contributed by atoms with E-state index in [-0.39, 0.29) is 16.4 Å². The van der Waals surface area contributed by atoms with E-state index >= 15 is 0 Å². The summed E-state index contributed by atoms with van der Waals surface area (Å²) in [5.74, 6) is -0.576. The van der Waals surface area contributed by atoms with Gasteiger partial charge in [0.15, 0.2) is 0 Å². The summed E-state index contributed by atoms with van der Waals surface area (Å²) < 4.78 is 44.8. The normalized spacial score (nSPS) is 20.2. The first-order chi connectivity index (χ1) is 12.2. The number of nitrogens with zero attached hydrogens (tertiary/aromatic N) is 3. The van der Waals surface area contributed by atoms with Crippen LogP contribution >= 0.6 is 0 Å². The van der Waals surface area contributed by atoms with Crippen LogP contribution in [0.25, 0.3) is 11.3 Å². The van der Waals surface area contributed by atoms with Gasteiger partial charge in [-0.2, -0.15) is 28.4 Å². The van der Waals surface area contributed by atoms with Crippen LogP contribution in [0.5, 0.6) is 5.75 Å². The fraction of sp³-hybridized carbons (Fsp3) is 0.312. The molecular weight excluding hydrogens is 353 g/mol. The number of hydrogen-bond donors (Lipinski definition) is 2. The minimum Gasteiger partial charge on any atom is -0.497 e. The predicted molar refractivity (Wildman–Crippen MR) is 85.5 cm³/mol. The van der Waals surface area contributed by atoms with Crippen LogP contribution in [0.4, 0.5) is 13.2 Å². The fourth-order valence-electron chi connectivity index (χ4n) is 2.63. The number of aliphatic hydroxyl groups is 1. The van der Waals surface area contributed by atoms with E-state index in [1.165, 1.54) is 20.1 Å². The third kappa shape index (κ3) is 2.92. The molecule has 3 rings (SSSR count). The molecule has 26 heavy (non-hydrogen) atoms. The number of H-pyrrole nitrogens is 1. The zero-order valence-corrected chi connectivity index (χ0v) is 13.8. The van der Waals surface area contributed by atoms with Crippen molar-refractivity contribution in [2.75, 3.05) is 7.11 Å². The molecule has 1 aliphatic heterocycles. The number of rotatable bonds is 3. The second-order valence-corrected chi connectivity index (χ2v) is 5.84. The molecule has 0 radical (unpaired) electrons. The summed E-state index contributed by atoms with van der Waals surface area (Å²) in [4.78, 5) is 12.5. The van der Waals surface area contributed by atoms with E-state index in [1.807, 2.05) is 0 Å². The zero-order chi connectivity index (χ0) is 19.1. The van der Waals surface area contributed by atoms with Gasteiger partial charge >= 0.3 is 6.18 Å². The number of amides is 1. The molecule has 0 aliphatic carbocycles. The molecule has 10 heteroatoms. The molecule has 1 amide bonds. The third-order valence-corrected chi connectivity index (χ3v) is 3.94. The number of carbonyl (C=O) groups is 1. The molecule has 1 atom stereocenters. The zero-order valence-electron chi connectivity index (χ0n) is 13.8. The Morgan fingerprint density at radius 3 is 2.77 bits per heavy atom. The Balaban J connectivity index is 1.92. The molecule has 0 unspecified atom stereocenters. The van der Waals surface area contributed by atoms with Crippen molar-refractivity contribution in [2.45, 2.75) is 25.2 Å². The number of aromatic amines is 1. The summed E-state index contributed by atoms with van der Waals surface area (Å²) in [6, 6.07) is 8.08. The summed E-state index contributed by atoms with van der Waals surface area (Å²) in [6.45, 7) is 1.30. The Hall–Kier alpha value is -2.88. The van der Waals surface area contributed by atoms with E-state index in [2.05, 4.69) is 15.3 Å². The average molecular weight is 368 g/mol. The van der Waals surface area contributed by atoms with Crippen LogP contribution in [-0.2, 0) is 0 Å². The summed E-state index contributed by atoms with van der Waals surface area (Å²) in [5.41, 5.74) is -2.68. The molecule has 1 aliphatic rings. The molecule has 0 saturated heterocycles. The predicted octanol–water partition coefficient (Wildman–Crippen LogP) is 2.56. The highest BCUT2D eigenvalue weighted by atomic mass is 19.4. The second-order valence-electron chi connectivity index (χ2n) is 5.84. The smallest absolute Gasteiger partial charge is 0.438 e. The van der Waals surface area contributed by atoms with Gasteiger partial charge in [0.2, 0.25) is 0 Å². The van der Waals surface area contributed by atoms with Gasteiger partial charge < -0.3 is 9.84 Å². The molecule has 0 spiro atoms. The second kappa shape index (κ2) is 6.13. The lowest BCUT2D eigenvalue weighted by atomic mass is 10.1. The number of aromatic nitrogens is 2. The van der Waals surface area contributed by atoms with E-state index in [0.29, 0.717) is 17.0 Å². The van der Waals surface area contributed by atoms with Gasteiger partial charge in [0.25, 0.3) is 11.6 Å². The van der Waals surface area contributed by atoms with Gasteiger partial charge in [-0.05, 0) is 25.1 Å². The summed E-state index contributed by atoms with van der Waals surface area (Å²) >= 11 is 0. The molecule has 2 aromatic rings. The van der Waals surface area contributed by atoms with Crippen LogP contribution in [0.2, 0.25) is 0 Å². The Kier molecular flexibility index (Phi) is 4.23. The van der Waals surface area contributed by atoms with E-state index in [0.717, 1.165) is 0 Å². The van der Waals surface area contributed by atoms with Crippen molar-refractivity contribution in [1.29, 1.82) is 0 Å². The Morgan fingerprint density at radius 2 is 2.12 bits per heavy atom. The third-order valence-electron chi connectivity index (χ3n) is 3.94. The van der Waals surface area contributed by atoms with Gasteiger partial charge in [-0.25, -0.2) is 0 Å². The molecule has 1 aromatic heterocycles. The van der Waals surface area contributed by atoms with Crippen LogP contribution in [0.1, 0.15) is 23.8 Å². The number of hydrogen-bond acceptors (Lipinski definition) is 5. The summed E-state index contributed by atoms with van der Waals surface area (Å²) in [5, 5.41) is 19.9. The number of ether oxygens (including phenoxy) is 1. The topological polar surface area (TPSA) is 90.8 Å². The van der Waals surface area contributed by atoms with Gasteiger partial charge in [0.1, 0.15) is 11.4 Å². The highest BCUT2D eigenvalue weighted by Gasteiger charge is 2.62. The van der Waals surface area contributed by atoms with Crippen molar-refractivity contribution in [1.82, 2.24) is 15.2 Å². The number of hydrazone groups is 1. The van der Waals surface area contributed by atoms with E-state index in [9.17, 15) is 23.1 Å². The standard InChI is InChI=1S/C16H15F3N4O3/c1-9-8-15(25,16(17,18)19)23(22-9)14(24)13-7-12(20-21-13)10-4-3-5-11(6-10)26-2/h3-7,25H,8H2,1-2H3,(H,20,21)/t15-/m0/s1. The van der Waals surface area contributed by atoms with Crippen molar-refractivity contribution in [3.63, 3.8) is 0 Å². The molecule has 1 aromatic carbocycles. The molecular formula is C16H15F3N4O3. The highest BCUT2D eigenvalue weighted by Crippen LogP contribution is 2.40. The van der Waals surface area contributed by atoms with Crippen LogP contribution < -0.4 is 4.74 Å². The van der Waals surface area contributed by atoms with Gasteiger partial charge in [0, 0.05) is 17.7 Å².